The van der Waals surface area contributed by atoms with E-state index in [1.54, 1.807) is 12.1 Å². The number of H-pyrrole nitrogens is 1. The summed E-state index contributed by atoms with van der Waals surface area (Å²) in [6, 6.07) is 9.85. The molecular weight excluding hydrogens is 510 g/mol. The summed E-state index contributed by atoms with van der Waals surface area (Å²) in [5, 5.41) is 0. The fourth-order valence-electron chi connectivity index (χ4n) is 4.11. The van der Waals surface area contributed by atoms with Gasteiger partial charge in [0.2, 0.25) is 0 Å². The first-order valence-corrected chi connectivity index (χ1v) is 11.0. The number of benzene rings is 2. The molecule has 2 aromatic carbocycles. The number of anilines is 2. The molecule has 10 radical (unpaired) electrons. The predicted octanol–water partition coefficient (Wildman–Crippen LogP) is 5.36. The van der Waals surface area contributed by atoms with Gasteiger partial charge in [-0.05, 0) is 88.1 Å². The molecule has 1 aliphatic heterocycles. The molecule has 0 unspecified atom stereocenters. The van der Waals surface area contributed by atoms with Crippen molar-refractivity contribution < 1.29 is 25.8 Å². The standard InChI is InChI=1S/C22H19F2N4.C5H5.ClH.Fe/c23-16-5-7-17(8-6-16)27-9-11-28(12-10-27)21-14-20-19(13-18(21)24)25-22(26-20)15-3-1-2-4-15;1-2-4-5-3-1;;/h1-8,13-14H,9-12H2,(H,25,26);1-5H;1H;/q;;;+2. The molecule has 1 saturated heterocycles. The minimum Gasteiger partial charge on any atom is -0.368 e. The molecule has 6 rings (SSSR count). The summed E-state index contributed by atoms with van der Waals surface area (Å²) in [5.74, 6) is 1.25. The van der Waals surface area contributed by atoms with Gasteiger partial charge in [0.15, 0.2) is 0 Å². The molecule has 0 bridgehead atoms. The SMILES string of the molecule is Cl.Fc1ccc(N2CCN(c3cc4nc([C]5[CH][CH][CH][CH]5)[nH]c4cc3F)CC2)cc1.[CH]1[CH][CH][CH][CH]1.[Fe+2]. The first-order chi connectivity index (χ1) is 16.2. The first-order valence-electron chi connectivity index (χ1n) is 11.0. The molecule has 0 amide bonds. The van der Waals surface area contributed by atoms with Crippen molar-refractivity contribution in [2.45, 2.75) is 0 Å². The number of aromatic amines is 1. The van der Waals surface area contributed by atoms with Gasteiger partial charge in [-0.1, -0.05) is 0 Å². The zero-order valence-electron chi connectivity index (χ0n) is 18.8. The Kier molecular flexibility index (Phi) is 10.3. The summed E-state index contributed by atoms with van der Waals surface area (Å²) in [4.78, 5) is 12.1. The Labute approximate surface area is 223 Å². The fourth-order valence-corrected chi connectivity index (χ4v) is 4.11. The van der Waals surface area contributed by atoms with E-state index in [4.69, 9.17) is 0 Å². The van der Waals surface area contributed by atoms with Crippen molar-refractivity contribution in [3.8, 4) is 0 Å². The van der Waals surface area contributed by atoms with Crippen LogP contribution >= 0.6 is 12.4 Å². The monoisotopic (exact) mass is 534 g/mol. The van der Waals surface area contributed by atoms with E-state index in [2.05, 4.69) is 14.9 Å². The van der Waals surface area contributed by atoms with Crippen LogP contribution in [-0.2, 0) is 17.1 Å². The normalized spacial score (nSPS) is 18.1. The molecule has 180 valence electrons. The Morgan fingerprint density at radius 1 is 0.743 bits per heavy atom. The Bertz CT molecular complexity index is 1050. The number of nitrogens with one attached hydrogen (secondary N) is 1. The van der Waals surface area contributed by atoms with Gasteiger partial charge in [0.05, 0.1) is 16.7 Å². The van der Waals surface area contributed by atoms with Gasteiger partial charge in [0.25, 0.3) is 0 Å². The molecule has 3 aromatic rings. The predicted molar refractivity (Wildman–Crippen MR) is 135 cm³/mol. The summed E-state index contributed by atoms with van der Waals surface area (Å²) in [5.41, 5.74) is 3.02. The van der Waals surface area contributed by atoms with Crippen LogP contribution in [0.4, 0.5) is 20.2 Å². The molecule has 1 aromatic heterocycles. The molecule has 1 N–H and O–H groups in total. The van der Waals surface area contributed by atoms with Gasteiger partial charge in [0.1, 0.15) is 17.5 Å². The van der Waals surface area contributed by atoms with E-state index in [1.165, 1.54) is 18.2 Å². The molecule has 0 spiro atoms. The molecule has 3 fully saturated rings. The summed E-state index contributed by atoms with van der Waals surface area (Å²) in [6.45, 7) is 2.89. The third kappa shape index (κ3) is 6.69. The van der Waals surface area contributed by atoms with Crippen LogP contribution in [0.2, 0.25) is 0 Å². The second-order valence-corrected chi connectivity index (χ2v) is 7.99. The maximum absolute atomic E-state index is 14.8. The van der Waals surface area contributed by atoms with Gasteiger partial charge in [-0.3, -0.25) is 0 Å². The van der Waals surface area contributed by atoms with E-state index in [9.17, 15) is 8.78 Å². The summed E-state index contributed by atoms with van der Waals surface area (Å²) in [6.07, 6.45) is 17.9. The number of piperazine rings is 1. The number of fused-ring (bicyclic) bond motifs is 1. The Morgan fingerprint density at radius 3 is 1.91 bits per heavy atom. The van der Waals surface area contributed by atoms with E-state index in [0.717, 1.165) is 36.0 Å². The zero-order valence-corrected chi connectivity index (χ0v) is 20.8. The van der Waals surface area contributed by atoms with Gasteiger partial charge >= 0.3 is 17.1 Å². The fraction of sp³-hybridized carbons (Fsp3) is 0.148. The Hall–Kier alpha value is -1.82. The van der Waals surface area contributed by atoms with Crippen LogP contribution < -0.4 is 9.80 Å². The third-order valence-electron chi connectivity index (χ3n) is 5.85. The Balaban J connectivity index is 0.000000438. The third-order valence-corrected chi connectivity index (χ3v) is 5.85. The van der Waals surface area contributed by atoms with Gasteiger partial charge in [-0.15, -0.1) is 12.4 Å². The van der Waals surface area contributed by atoms with Crippen LogP contribution in [0.5, 0.6) is 0 Å². The maximum Gasteiger partial charge on any atom is 2.00 e. The molecule has 2 heterocycles. The quantitative estimate of drug-likeness (QED) is 0.460. The van der Waals surface area contributed by atoms with Crippen molar-refractivity contribution in [1.29, 1.82) is 0 Å². The van der Waals surface area contributed by atoms with Crippen LogP contribution in [0.3, 0.4) is 0 Å². The maximum atomic E-state index is 14.8. The molecule has 3 aliphatic rings. The van der Waals surface area contributed by atoms with E-state index in [0.29, 0.717) is 24.3 Å². The van der Waals surface area contributed by atoms with E-state index in [1.807, 2.05) is 68.8 Å². The van der Waals surface area contributed by atoms with Crippen molar-refractivity contribution in [1.82, 2.24) is 9.97 Å². The molecule has 4 nitrogen and oxygen atoms in total. The van der Waals surface area contributed by atoms with Crippen LogP contribution in [0.15, 0.2) is 36.4 Å². The summed E-state index contributed by atoms with van der Waals surface area (Å²) in [7, 11) is 0. The largest absolute Gasteiger partial charge is 2.00 e. The average molecular weight is 535 g/mol. The van der Waals surface area contributed by atoms with E-state index < -0.39 is 0 Å². The number of halogens is 3. The minimum atomic E-state index is -0.250. The average Bonchev–Trinajstić information content (AvgIpc) is 3.62. The minimum absolute atomic E-state index is 0. The van der Waals surface area contributed by atoms with Crippen molar-refractivity contribution in [3.63, 3.8) is 0 Å². The van der Waals surface area contributed by atoms with Crippen molar-refractivity contribution in [3.05, 3.63) is 118 Å². The Morgan fingerprint density at radius 2 is 1.31 bits per heavy atom. The zero-order chi connectivity index (χ0) is 22.6. The number of aromatic nitrogens is 2. The molecular formula is C27H25ClF2FeN4+2. The van der Waals surface area contributed by atoms with Crippen molar-refractivity contribution >= 4 is 34.8 Å². The first kappa shape index (κ1) is 27.8. The molecule has 35 heavy (non-hydrogen) atoms. The van der Waals surface area contributed by atoms with Crippen LogP contribution in [0, 0.1) is 75.3 Å². The van der Waals surface area contributed by atoms with Crippen LogP contribution in [0.25, 0.3) is 11.0 Å². The van der Waals surface area contributed by atoms with Gasteiger partial charge in [-0.25, -0.2) is 13.8 Å². The molecule has 0 atom stereocenters. The van der Waals surface area contributed by atoms with Gasteiger partial charge in [-0.2, -0.15) is 0 Å². The summed E-state index contributed by atoms with van der Waals surface area (Å²) < 4.78 is 27.9. The second kappa shape index (κ2) is 12.9. The van der Waals surface area contributed by atoms with Crippen LogP contribution in [0.1, 0.15) is 5.82 Å². The van der Waals surface area contributed by atoms with E-state index in [-0.39, 0.29) is 41.1 Å². The number of hydrogen-bond donors (Lipinski definition) is 1. The van der Waals surface area contributed by atoms with Crippen LogP contribution in [-0.4, -0.2) is 36.1 Å². The summed E-state index contributed by atoms with van der Waals surface area (Å²) >= 11 is 0. The van der Waals surface area contributed by atoms with Gasteiger partial charge < -0.3 is 14.8 Å². The topological polar surface area (TPSA) is 35.2 Å². The molecule has 8 heteroatoms. The number of imidazole rings is 1. The second-order valence-electron chi connectivity index (χ2n) is 7.99. The van der Waals surface area contributed by atoms with E-state index >= 15 is 0 Å². The van der Waals surface area contributed by atoms with Crippen molar-refractivity contribution in [2.24, 2.45) is 0 Å². The smallest absolute Gasteiger partial charge is 0.368 e. The molecule has 2 aliphatic carbocycles. The number of hydrogen-bond acceptors (Lipinski definition) is 3. The van der Waals surface area contributed by atoms with Crippen molar-refractivity contribution in [2.75, 3.05) is 36.0 Å². The van der Waals surface area contributed by atoms with Gasteiger partial charge in [0, 0.05) is 43.9 Å². The molecule has 2 saturated carbocycles. The number of nitrogens with zero attached hydrogens (tertiary/aromatic N) is 3. The number of rotatable bonds is 3.